The van der Waals surface area contributed by atoms with Crippen LogP contribution >= 0.6 is 0 Å². The van der Waals surface area contributed by atoms with Crippen molar-refractivity contribution in [3.63, 3.8) is 0 Å². The second-order valence-electron chi connectivity index (χ2n) is 5.03. The van der Waals surface area contributed by atoms with E-state index in [-0.39, 0.29) is 12.0 Å². The minimum absolute atomic E-state index is 0.0249. The molecule has 2 rings (SSSR count). The average molecular weight is 254 g/mol. The molecule has 0 spiro atoms. The van der Waals surface area contributed by atoms with E-state index in [1.54, 1.807) is 0 Å². The van der Waals surface area contributed by atoms with E-state index in [0.29, 0.717) is 6.42 Å². The highest BCUT2D eigenvalue weighted by molar-refractivity contribution is 5.84. The summed E-state index contributed by atoms with van der Waals surface area (Å²) in [5.41, 5.74) is 1.81. The Bertz CT molecular complexity index is 614. The van der Waals surface area contributed by atoms with Gasteiger partial charge in [-0.05, 0) is 32.9 Å². The molecule has 0 amide bonds. The van der Waals surface area contributed by atoms with Crippen LogP contribution < -0.4 is 4.74 Å². The number of aromatic nitrogens is 1. The lowest BCUT2D eigenvalue weighted by Gasteiger charge is -2.12. The van der Waals surface area contributed by atoms with Gasteiger partial charge in [-0.3, -0.25) is 0 Å². The SMILES string of the molecule is CC(C#N)Cc1ccc2cccc(OC(C)C)c2n1. The molecule has 0 bridgehead atoms. The molecule has 19 heavy (non-hydrogen) atoms. The van der Waals surface area contributed by atoms with E-state index in [1.807, 2.05) is 51.1 Å². The number of ether oxygens (including phenoxy) is 1. The van der Waals surface area contributed by atoms with E-state index in [0.717, 1.165) is 22.3 Å². The van der Waals surface area contributed by atoms with E-state index in [9.17, 15) is 0 Å². The standard InChI is InChI=1S/C16H18N2O/c1-11(2)19-15-6-4-5-13-7-8-14(18-16(13)15)9-12(3)10-17/h4-8,11-12H,9H2,1-3H3. The largest absolute Gasteiger partial charge is 0.489 e. The number of nitriles is 1. The first-order valence-corrected chi connectivity index (χ1v) is 6.55. The molecule has 1 aromatic heterocycles. The Hall–Kier alpha value is -2.08. The van der Waals surface area contributed by atoms with Gasteiger partial charge in [0.1, 0.15) is 11.3 Å². The molecule has 3 heteroatoms. The molecular formula is C16H18N2O. The summed E-state index contributed by atoms with van der Waals surface area (Å²) in [4.78, 5) is 4.64. The molecular weight excluding hydrogens is 236 g/mol. The molecule has 1 aromatic carbocycles. The topological polar surface area (TPSA) is 45.9 Å². The van der Waals surface area contributed by atoms with Crippen molar-refractivity contribution in [3.05, 3.63) is 36.0 Å². The maximum absolute atomic E-state index is 8.88. The van der Waals surface area contributed by atoms with Gasteiger partial charge in [0.25, 0.3) is 0 Å². The Balaban J connectivity index is 2.42. The second-order valence-corrected chi connectivity index (χ2v) is 5.03. The van der Waals surface area contributed by atoms with Crippen molar-refractivity contribution in [1.29, 1.82) is 5.26 Å². The highest BCUT2D eigenvalue weighted by Crippen LogP contribution is 2.25. The highest BCUT2D eigenvalue weighted by Gasteiger charge is 2.08. The molecule has 0 saturated carbocycles. The highest BCUT2D eigenvalue weighted by atomic mass is 16.5. The van der Waals surface area contributed by atoms with Crippen LogP contribution in [0.5, 0.6) is 5.75 Å². The summed E-state index contributed by atoms with van der Waals surface area (Å²) in [6.07, 6.45) is 0.789. The summed E-state index contributed by atoms with van der Waals surface area (Å²) in [5.74, 6) is 0.780. The second kappa shape index (κ2) is 5.71. The predicted octanol–water partition coefficient (Wildman–Crippen LogP) is 3.72. The maximum Gasteiger partial charge on any atom is 0.145 e. The summed E-state index contributed by atoms with van der Waals surface area (Å²) in [6.45, 7) is 5.91. The van der Waals surface area contributed by atoms with Crippen LogP contribution in [-0.4, -0.2) is 11.1 Å². The third-order valence-electron chi connectivity index (χ3n) is 2.84. The molecule has 0 fully saturated rings. The molecule has 0 aliphatic carbocycles. The zero-order chi connectivity index (χ0) is 13.8. The molecule has 0 radical (unpaired) electrons. The normalized spacial score (nSPS) is 12.4. The van der Waals surface area contributed by atoms with Crippen LogP contribution in [0.1, 0.15) is 26.5 Å². The molecule has 0 saturated heterocycles. The van der Waals surface area contributed by atoms with Crippen molar-refractivity contribution in [2.75, 3.05) is 0 Å². The first-order chi connectivity index (χ1) is 9.10. The fraction of sp³-hybridized carbons (Fsp3) is 0.375. The quantitative estimate of drug-likeness (QED) is 0.835. The Morgan fingerprint density at radius 2 is 2.00 bits per heavy atom. The third kappa shape index (κ3) is 3.23. The molecule has 3 nitrogen and oxygen atoms in total. The van der Waals surface area contributed by atoms with Gasteiger partial charge in [-0.25, -0.2) is 4.98 Å². The van der Waals surface area contributed by atoms with Gasteiger partial charge < -0.3 is 4.74 Å². The fourth-order valence-corrected chi connectivity index (χ4v) is 1.98. The van der Waals surface area contributed by atoms with Crippen molar-refractivity contribution in [2.45, 2.75) is 33.3 Å². The minimum Gasteiger partial charge on any atom is -0.489 e. The molecule has 0 aliphatic rings. The Morgan fingerprint density at radius 3 is 2.68 bits per heavy atom. The van der Waals surface area contributed by atoms with Crippen LogP contribution in [0.3, 0.4) is 0 Å². The summed E-state index contributed by atoms with van der Waals surface area (Å²) >= 11 is 0. The number of benzene rings is 1. The third-order valence-corrected chi connectivity index (χ3v) is 2.84. The van der Waals surface area contributed by atoms with Crippen LogP contribution in [0.15, 0.2) is 30.3 Å². The van der Waals surface area contributed by atoms with Crippen LogP contribution in [0, 0.1) is 17.2 Å². The summed E-state index contributed by atoms with van der Waals surface area (Å²) < 4.78 is 5.79. The Labute approximate surface area is 113 Å². The number of hydrogen-bond donors (Lipinski definition) is 0. The van der Waals surface area contributed by atoms with E-state index < -0.39 is 0 Å². The van der Waals surface area contributed by atoms with Gasteiger partial charge in [0.2, 0.25) is 0 Å². The minimum atomic E-state index is -0.0249. The number of hydrogen-bond acceptors (Lipinski definition) is 3. The van der Waals surface area contributed by atoms with Gasteiger partial charge in [-0.15, -0.1) is 0 Å². The number of fused-ring (bicyclic) bond motifs is 1. The first kappa shape index (κ1) is 13.4. The maximum atomic E-state index is 8.88. The van der Waals surface area contributed by atoms with Crippen molar-refractivity contribution >= 4 is 10.9 Å². The van der Waals surface area contributed by atoms with Crippen molar-refractivity contribution in [3.8, 4) is 11.8 Å². The Morgan fingerprint density at radius 1 is 1.21 bits per heavy atom. The smallest absolute Gasteiger partial charge is 0.145 e. The van der Waals surface area contributed by atoms with Gasteiger partial charge in [-0.2, -0.15) is 5.26 Å². The lowest BCUT2D eigenvalue weighted by molar-refractivity contribution is 0.245. The zero-order valence-corrected chi connectivity index (χ0v) is 11.6. The van der Waals surface area contributed by atoms with Gasteiger partial charge in [0.05, 0.1) is 12.2 Å². The molecule has 1 unspecified atom stereocenters. The van der Waals surface area contributed by atoms with Gasteiger partial charge in [-0.1, -0.05) is 18.2 Å². The van der Waals surface area contributed by atoms with Crippen LogP contribution in [-0.2, 0) is 6.42 Å². The number of para-hydroxylation sites is 1. The van der Waals surface area contributed by atoms with E-state index in [4.69, 9.17) is 10.00 Å². The summed E-state index contributed by atoms with van der Waals surface area (Å²) in [7, 11) is 0. The molecule has 2 aromatic rings. The van der Waals surface area contributed by atoms with Gasteiger partial charge in [0.15, 0.2) is 0 Å². The number of nitrogens with zero attached hydrogens (tertiary/aromatic N) is 2. The van der Waals surface area contributed by atoms with E-state index >= 15 is 0 Å². The lowest BCUT2D eigenvalue weighted by Crippen LogP contribution is -2.07. The number of rotatable bonds is 4. The number of pyridine rings is 1. The van der Waals surface area contributed by atoms with E-state index in [2.05, 4.69) is 11.1 Å². The van der Waals surface area contributed by atoms with Crippen molar-refractivity contribution in [2.24, 2.45) is 5.92 Å². The Kier molecular flexibility index (Phi) is 4.01. The monoisotopic (exact) mass is 254 g/mol. The van der Waals surface area contributed by atoms with E-state index in [1.165, 1.54) is 0 Å². The average Bonchev–Trinajstić information content (AvgIpc) is 2.38. The van der Waals surface area contributed by atoms with Crippen molar-refractivity contribution in [1.82, 2.24) is 4.98 Å². The summed E-state index contributed by atoms with van der Waals surface area (Å²) in [5, 5.41) is 9.94. The lowest BCUT2D eigenvalue weighted by atomic mass is 10.1. The van der Waals surface area contributed by atoms with Crippen LogP contribution in [0.4, 0.5) is 0 Å². The summed E-state index contributed by atoms with van der Waals surface area (Å²) in [6, 6.07) is 12.2. The molecule has 1 atom stereocenters. The molecule has 0 aliphatic heterocycles. The molecule has 1 heterocycles. The molecule has 0 N–H and O–H groups in total. The predicted molar refractivity (Wildman–Crippen MR) is 76.0 cm³/mol. The zero-order valence-electron chi connectivity index (χ0n) is 11.6. The van der Waals surface area contributed by atoms with Crippen LogP contribution in [0.25, 0.3) is 10.9 Å². The van der Waals surface area contributed by atoms with Gasteiger partial charge >= 0.3 is 0 Å². The first-order valence-electron chi connectivity index (χ1n) is 6.55. The molecule has 98 valence electrons. The van der Waals surface area contributed by atoms with Crippen LogP contribution in [0.2, 0.25) is 0 Å². The fourth-order valence-electron chi connectivity index (χ4n) is 1.98. The van der Waals surface area contributed by atoms with Gasteiger partial charge in [0, 0.05) is 23.4 Å². The van der Waals surface area contributed by atoms with Crippen molar-refractivity contribution < 1.29 is 4.74 Å².